The van der Waals surface area contributed by atoms with E-state index in [0.717, 1.165) is 18.7 Å². The summed E-state index contributed by atoms with van der Waals surface area (Å²) in [7, 11) is 4.53. The summed E-state index contributed by atoms with van der Waals surface area (Å²) >= 11 is 1.82. The van der Waals surface area contributed by atoms with Gasteiger partial charge in [0.2, 0.25) is 0 Å². The van der Waals surface area contributed by atoms with E-state index in [2.05, 4.69) is 43.5 Å². The number of thiazole rings is 1. The van der Waals surface area contributed by atoms with Gasteiger partial charge in [-0.25, -0.2) is 4.98 Å². The van der Waals surface area contributed by atoms with E-state index in [1.54, 1.807) is 0 Å². The zero-order chi connectivity index (χ0) is 15.3. The van der Waals surface area contributed by atoms with E-state index in [1.807, 2.05) is 11.3 Å². The molecular weight excluding hydrogens is 278 g/mol. The van der Waals surface area contributed by atoms with Crippen molar-refractivity contribution in [3.63, 3.8) is 0 Å². The standard InChI is InChI=1S/C17H31N3S/c1-5-11-18-15(12-16-19-14(2)13-21-16)17(20(3)4)9-7-6-8-10-17/h13,15,18H,5-12H2,1-4H3. The van der Waals surface area contributed by atoms with Gasteiger partial charge in [0.25, 0.3) is 0 Å². The van der Waals surface area contributed by atoms with Crippen LogP contribution in [0.5, 0.6) is 0 Å². The first-order valence-corrected chi connectivity index (χ1v) is 9.28. The van der Waals surface area contributed by atoms with Crippen molar-refractivity contribution in [3.05, 3.63) is 16.1 Å². The number of nitrogens with one attached hydrogen (secondary N) is 1. The van der Waals surface area contributed by atoms with Gasteiger partial charge in [0, 0.05) is 29.1 Å². The molecule has 0 spiro atoms. The van der Waals surface area contributed by atoms with Crippen molar-refractivity contribution in [2.75, 3.05) is 20.6 Å². The fourth-order valence-electron chi connectivity index (χ4n) is 3.71. The molecule has 1 aromatic rings. The molecule has 21 heavy (non-hydrogen) atoms. The van der Waals surface area contributed by atoms with Crippen LogP contribution in [0.15, 0.2) is 5.38 Å². The highest BCUT2D eigenvalue weighted by Crippen LogP contribution is 2.36. The summed E-state index contributed by atoms with van der Waals surface area (Å²) in [5, 5.41) is 7.31. The first-order valence-electron chi connectivity index (χ1n) is 8.40. The third kappa shape index (κ3) is 4.05. The molecule has 2 rings (SSSR count). The smallest absolute Gasteiger partial charge is 0.0944 e. The number of rotatable bonds is 7. The topological polar surface area (TPSA) is 28.2 Å². The molecule has 1 aromatic heterocycles. The summed E-state index contributed by atoms with van der Waals surface area (Å²) in [4.78, 5) is 7.19. The number of aryl methyl sites for hydroxylation is 1. The van der Waals surface area contributed by atoms with E-state index in [9.17, 15) is 0 Å². The zero-order valence-corrected chi connectivity index (χ0v) is 14.9. The van der Waals surface area contributed by atoms with Gasteiger partial charge in [-0.1, -0.05) is 26.2 Å². The average molecular weight is 310 g/mol. The van der Waals surface area contributed by atoms with Crippen molar-refractivity contribution in [2.45, 2.75) is 70.4 Å². The maximum atomic E-state index is 4.70. The lowest BCUT2D eigenvalue weighted by molar-refractivity contribution is 0.0568. The summed E-state index contributed by atoms with van der Waals surface area (Å²) in [5.41, 5.74) is 1.46. The van der Waals surface area contributed by atoms with Crippen LogP contribution in [0.4, 0.5) is 0 Å². The molecule has 1 atom stereocenters. The van der Waals surface area contributed by atoms with Gasteiger partial charge >= 0.3 is 0 Å². The average Bonchev–Trinajstić information content (AvgIpc) is 2.89. The van der Waals surface area contributed by atoms with Gasteiger partial charge < -0.3 is 10.2 Å². The Bertz CT molecular complexity index is 421. The van der Waals surface area contributed by atoms with Crippen molar-refractivity contribution in [1.29, 1.82) is 0 Å². The first kappa shape index (κ1) is 16.9. The Labute approximate surface area is 134 Å². The fraction of sp³-hybridized carbons (Fsp3) is 0.824. The van der Waals surface area contributed by atoms with Crippen LogP contribution in [-0.2, 0) is 6.42 Å². The lowest BCUT2D eigenvalue weighted by Gasteiger charge is -2.49. The van der Waals surface area contributed by atoms with Crippen LogP contribution in [-0.4, -0.2) is 42.1 Å². The molecule has 0 bridgehead atoms. The number of likely N-dealkylation sites (N-methyl/N-ethyl adjacent to an activating group) is 1. The first-order chi connectivity index (χ1) is 10.1. The Morgan fingerprint density at radius 1 is 1.33 bits per heavy atom. The molecule has 0 aliphatic heterocycles. The molecule has 0 amide bonds. The van der Waals surface area contributed by atoms with Gasteiger partial charge in [-0.15, -0.1) is 11.3 Å². The summed E-state index contributed by atoms with van der Waals surface area (Å²) in [5.74, 6) is 0. The fourth-order valence-corrected chi connectivity index (χ4v) is 4.53. The molecule has 1 heterocycles. The number of hydrogen-bond donors (Lipinski definition) is 1. The van der Waals surface area contributed by atoms with Gasteiger partial charge in [-0.3, -0.25) is 0 Å². The van der Waals surface area contributed by atoms with E-state index in [0.29, 0.717) is 11.6 Å². The number of hydrogen-bond acceptors (Lipinski definition) is 4. The minimum absolute atomic E-state index is 0.299. The largest absolute Gasteiger partial charge is 0.312 e. The highest BCUT2D eigenvalue weighted by Gasteiger charge is 2.41. The SMILES string of the molecule is CCCNC(Cc1nc(C)cs1)C1(N(C)C)CCCCC1. The molecule has 0 aromatic carbocycles. The second-order valence-electron chi connectivity index (χ2n) is 6.65. The van der Waals surface area contributed by atoms with E-state index >= 15 is 0 Å². The molecule has 1 fully saturated rings. The highest BCUT2D eigenvalue weighted by atomic mass is 32.1. The third-order valence-corrected chi connectivity index (χ3v) is 5.93. The van der Waals surface area contributed by atoms with Crippen LogP contribution < -0.4 is 5.32 Å². The van der Waals surface area contributed by atoms with Gasteiger partial charge in [-0.05, 0) is 46.8 Å². The van der Waals surface area contributed by atoms with Crippen LogP contribution in [0.2, 0.25) is 0 Å². The zero-order valence-electron chi connectivity index (χ0n) is 14.1. The predicted octanol–water partition coefficient (Wildman–Crippen LogP) is 3.63. The van der Waals surface area contributed by atoms with Crippen molar-refractivity contribution in [1.82, 2.24) is 15.2 Å². The van der Waals surface area contributed by atoms with Crippen molar-refractivity contribution >= 4 is 11.3 Å². The van der Waals surface area contributed by atoms with Crippen LogP contribution in [0, 0.1) is 6.92 Å². The molecule has 4 heteroatoms. The predicted molar refractivity (Wildman–Crippen MR) is 92.1 cm³/mol. The second-order valence-corrected chi connectivity index (χ2v) is 7.59. The molecule has 1 unspecified atom stereocenters. The summed E-state index contributed by atoms with van der Waals surface area (Å²) < 4.78 is 0. The molecule has 0 saturated heterocycles. The molecule has 3 nitrogen and oxygen atoms in total. The van der Waals surface area contributed by atoms with Crippen LogP contribution in [0.1, 0.15) is 56.2 Å². The molecule has 1 N–H and O–H groups in total. The van der Waals surface area contributed by atoms with E-state index in [-0.39, 0.29) is 0 Å². The van der Waals surface area contributed by atoms with Crippen molar-refractivity contribution in [3.8, 4) is 0 Å². The lowest BCUT2D eigenvalue weighted by atomic mass is 9.74. The highest BCUT2D eigenvalue weighted by molar-refractivity contribution is 7.09. The maximum Gasteiger partial charge on any atom is 0.0944 e. The summed E-state index contributed by atoms with van der Waals surface area (Å²) in [6.45, 7) is 5.45. The Morgan fingerprint density at radius 2 is 2.05 bits per heavy atom. The Hall–Kier alpha value is -0.450. The van der Waals surface area contributed by atoms with Gasteiger partial charge in [0.1, 0.15) is 0 Å². The van der Waals surface area contributed by atoms with Crippen LogP contribution >= 0.6 is 11.3 Å². The van der Waals surface area contributed by atoms with E-state index in [4.69, 9.17) is 4.98 Å². The quantitative estimate of drug-likeness (QED) is 0.833. The maximum absolute atomic E-state index is 4.70. The Morgan fingerprint density at radius 3 is 2.57 bits per heavy atom. The lowest BCUT2D eigenvalue weighted by Crippen LogP contribution is -2.61. The Kier molecular flexibility index (Phi) is 6.20. The number of nitrogens with zero attached hydrogens (tertiary/aromatic N) is 2. The second kappa shape index (κ2) is 7.70. The minimum atomic E-state index is 0.299. The molecule has 0 radical (unpaired) electrons. The molecule has 1 aliphatic rings. The van der Waals surface area contributed by atoms with Gasteiger partial charge in [0.05, 0.1) is 5.01 Å². The third-order valence-electron chi connectivity index (χ3n) is 4.94. The van der Waals surface area contributed by atoms with Gasteiger partial charge in [0.15, 0.2) is 0 Å². The van der Waals surface area contributed by atoms with Crippen molar-refractivity contribution in [2.24, 2.45) is 0 Å². The van der Waals surface area contributed by atoms with E-state index in [1.165, 1.54) is 43.5 Å². The summed E-state index contributed by atoms with van der Waals surface area (Å²) in [6, 6.07) is 0.512. The van der Waals surface area contributed by atoms with E-state index < -0.39 is 0 Å². The minimum Gasteiger partial charge on any atom is -0.312 e. The van der Waals surface area contributed by atoms with Crippen LogP contribution in [0.25, 0.3) is 0 Å². The van der Waals surface area contributed by atoms with Crippen molar-refractivity contribution < 1.29 is 0 Å². The Balaban J connectivity index is 2.19. The molecule has 120 valence electrons. The molecular formula is C17H31N3S. The molecule has 1 saturated carbocycles. The monoisotopic (exact) mass is 309 g/mol. The normalized spacial score (nSPS) is 19.9. The summed E-state index contributed by atoms with van der Waals surface area (Å²) in [6.07, 6.45) is 9.00. The van der Waals surface area contributed by atoms with Crippen LogP contribution in [0.3, 0.4) is 0 Å². The molecule has 1 aliphatic carbocycles. The number of aromatic nitrogens is 1. The van der Waals surface area contributed by atoms with Gasteiger partial charge in [-0.2, -0.15) is 0 Å².